The van der Waals surface area contributed by atoms with E-state index in [1.165, 1.54) is 19.1 Å². The maximum atomic E-state index is 13.6. The van der Waals surface area contributed by atoms with E-state index in [9.17, 15) is 14.0 Å². The number of rotatable bonds is 5. The van der Waals surface area contributed by atoms with Gasteiger partial charge in [0.1, 0.15) is 0 Å². The molecule has 0 saturated carbocycles. The number of hydrogen-bond donors (Lipinski definition) is 1. The standard InChI is InChI=1S/C16H13BrFNO3/c1-10(20)12-4-2-3-5-14(12)19-16(21)9-22-15-7-6-11(17)8-13(15)18/h2-8H,9H2,1H3,(H,19,21). The van der Waals surface area contributed by atoms with Gasteiger partial charge in [0.05, 0.1) is 5.69 Å². The Kier molecular flexibility index (Phi) is 5.27. The number of carbonyl (C=O) groups is 2. The summed E-state index contributed by atoms with van der Waals surface area (Å²) in [4.78, 5) is 23.3. The van der Waals surface area contributed by atoms with Gasteiger partial charge in [-0.05, 0) is 37.3 Å². The third-order valence-corrected chi connectivity index (χ3v) is 3.33. The summed E-state index contributed by atoms with van der Waals surface area (Å²) in [7, 11) is 0. The second-order valence-electron chi connectivity index (χ2n) is 4.51. The summed E-state index contributed by atoms with van der Waals surface area (Å²) in [6.07, 6.45) is 0. The van der Waals surface area contributed by atoms with Crippen molar-refractivity contribution in [2.45, 2.75) is 6.92 Å². The average molecular weight is 366 g/mol. The Morgan fingerprint density at radius 2 is 1.95 bits per heavy atom. The van der Waals surface area contributed by atoms with Crippen molar-refractivity contribution in [3.8, 4) is 5.75 Å². The van der Waals surface area contributed by atoms with Crippen LogP contribution in [0.4, 0.5) is 10.1 Å². The maximum Gasteiger partial charge on any atom is 0.262 e. The zero-order valence-corrected chi connectivity index (χ0v) is 13.3. The Balaban J connectivity index is 2.00. The normalized spacial score (nSPS) is 10.1. The highest BCUT2D eigenvalue weighted by Gasteiger charge is 2.11. The number of carbonyl (C=O) groups excluding carboxylic acids is 2. The molecular formula is C16H13BrFNO3. The van der Waals surface area contributed by atoms with Gasteiger partial charge in [-0.1, -0.05) is 28.1 Å². The lowest BCUT2D eigenvalue weighted by atomic mass is 10.1. The van der Waals surface area contributed by atoms with Crippen LogP contribution in [0.2, 0.25) is 0 Å². The Morgan fingerprint density at radius 3 is 2.64 bits per heavy atom. The lowest BCUT2D eigenvalue weighted by Gasteiger charge is -2.10. The fraction of sp³-hybridized carbons (Fsp3) is 0.125. The number of nitrogens with one attached hydrogen (secondary N) is 1. The highest BCUT2D eigenvalue weighted by molar-refractivity contribution is 9.10. The van der Waals surface area contributed by atoms with Gasteiger partial charge in [-0.2, -0.15) is 0 Å². The fourth-order valence-corrected chi connectivity index (χ4v) is 2.15. The van der Waals surface area contributed by atoms with E-state index >= 15 is 0 Å². The number of benzene rings is 2. The molecule has 2 rings (SSSR count). The summed E-state index contributed by atoms with van der Waals surface area (Å²) >= 11 is 3.14. The number of amides is 1. The largest absolute Gasteiger partial charge is 0.481 e. The molecule has 4 nitrogen and oxygen atoms in total. The lowest BCUT2D eigenvalue weighted by molar-refractivity contribution is -0.118. The third-order valence-electron chi connectivity index (χ3n) is 2.83. The monoisotopic (exact) mass is 365 g/mol. The van der Waals surface area contributed by atoms with Crippen LogP contribution < -0.4 is 10.1 Å². The molecule has 22 heavy (non-hydrogen) atoms. The van der Waals surface area contributed by atoms with Gasteiger partial charge in [0.25, 0.3) is 5.91 Å². The summed E-state index contributed by atoms with van der Waals surface area (Å²) in [5.41, 5.74) is 0.811. The van der Waals surface area contributed by atoms with Gasteiger partial charge < -0.3 is 10.1 Å². The molecule has 0 aliphatic rings. The van der Waals surface area contributed by atoms with Crippen LogP contribution in [0, 0.1) is 5.82 Å². The third kappa shape index (κ3) is 4.14. The van der Waals surface area contributed by atoms with Crippen LogP contribution in [0.25, 0.3) is 0 Å². The molecule has 0 aliphatic carbocycles. The molecule has 0 saturated heterocycles. The average Bonchev–Trinajstić information content (AvgIpc) is 2.46. The summed E-state index contributed by atoms with van der Waals surface area (Å²) in [5, 5.41) is 2.58. The maximum absolute atomic E-state index is 13.6. The van der Waals surface area contributed by atoms with Crippen molar-refractivity contribution in [1.29, 1.82) is 0 Å². The smallest absolute Gasteiger partial charge is 0.262 e. The molecule has 0 fully saturated rings. The van der Waals surface area contributed by atoms with Crippen molar-refractivity contribution in [2.75, 3.05) is 11.9 Å². The summed E-state index contributed by atoms with van der Waals surface area (Å²) in [6, 6.07) is 10.9. The predicted molar refractivity (Wildman–Crippen MR) is 84.7 cm³/mol. The zero-order chi connectivity index (χ0) is 16.1. The second-order valence-corrected chi connectivity index (χ2v) is 5.43. The summed E-state index contributed by atoms with van der Waals surface area (Å²) < 4.78 is 19.3. The van der Waals surface area contributed by atoms with Crippen LogP contribution in [-0.2, 0) is 4.79 Å². The van der Waals surface area contributed by atoms with Crippen LogP contribution >= 0.6 is 15.9 Å². The van der Waals surface area contributed by atoms with Crippen LogP contribution in [0.1, 0.15) is 17.3 Å². The fourth-order valence-electron chi connectivity index (χ4n) is 1.82. The molecule has 0 atom stereocenters. The van der Waals surface area contributed by atoms with Crippen molar-refractivity contribution in [3.63, 3.8) is 0 Å². The van der Waals surface area contributed by atoms with Crippen LogP contribution in [0.3, 0.4) is 0 Å². The molecule has 2 aromatic carbocycles. The van der Waals surface area contributed by atoms with E-state index < -0.39 is 11.7 Å². The summed E-state index contributed by atoms with van der Waals surface area (Å²) in [6.45, 7) is 1.06. The van der Waals surface area contributed by atoms with Crippen molar-refractivity contribution in [3.05, 3.63) is 58.3 Å². The Hall–Kier alpha value is -2.21. The van der Waals surface area contributed by atoms with E-state index in [-0.39, 0.29) is 18.1 Å². The van der Waals surface area contributed by atoms with Gasteiger partial charge in [0.2, 0.25) is 0 Å². The van der Waals surface area contributed by atoms with Crippen LogP contribution in [-0.4, -0.2) is 18.3 Å². The number of Topliss-reactive ketones (excluding diaryl/α,β-unsaturated/α-hetero) is 1. The molecule has 0 bridgehead atoms. The number of halogens is 2. The first-order valence-corrected chi connectivity index (χ1v) is 7.24. The Morgan fingerprint density at radius 1 is 1.23 bits per heavy atom. The van der Waals surface area contributed by atoms with Crippen molar-refractivity contribution >= 4 is 33.3 Å². The second kappa shape index (κ2) is 7.17. The first-order chi connectivity index (χ1) is 10.5. The highest BCUT2D eigenvalue weighted by Crippen LogP contribution is 2.21. The quantitative estimate of drug-likeness (QED) is 0.819. The topological polar surface area (TPSA) is 55.4 Å². The van der Waals surface area contributed by atoms with Gasteiger partial charge in [-0.3, -0.25) is 9.59 Å². The van der Waals surface area contributed by atoms with Crippen molar-refractivity contribution in [1.82, 2.24) is 0 Å². The Labute approximate surface area is 135 Å². The molecule has 0 heterocycles. The number of hydrogen-bond acceptors (Lipinski definition) is 3. The minimum absolute atomic E-state index is 0.0156. The molecule has 2 aromatic rings. The SMILES string of the molecule is CC(=O)c1ccccc1NC(=O)COc1ccc(Br)cc1F. The minimum atomic E-state index is -0.564. The number of anilines is 1. The van der Waals surface area contributed by atoms with E-state index in [1.807, 2.05) is 0 Å². The predicted octanol–water partition coefficient (Wildman–Crippen LogP) is 3.81. The lowest BCUT2D eigenvalue weighted by Crippen LogP contribution is -2.21. The van der Waals surface area contributed by atoms with Gasteiger partial charge in [0, 0.05) is 10.0 Å². The first-order valence-electron chi connectivity index (χ1n) is 6.45. The van der Waals surface area contributed by atoms with E-state index in [4.69, 9.17) is 4.74 Å². The highest BCUT2D eigenvalue weighted by atomic mass is 79.9. The number of ketones is 1. The van der Waals surface area contributed by atoms with Gasteiger partial charge in [-0.25, -0.2) is 4.39 Å². The van der Waals surface area contributed by atoms with Gasteiger partial charge in [-0.15, -0.1) is 0 Å². The van der Waals surface area contributed by atoms with Crippen LogP contribution in [0.15, 0.2) is 46.9 Å². The van der Waals surface area contributed by atoms with Gasteiger partial charge >= 0.3 is 0 Å². The molecule has 0 radical (unpaired) electrons. The molecule has 1 N–H and O–H groups in total. The van der Waals surface area contributed by atoms with Crippen molar-refractivity contribution in [2.24, 2.45) is 0 Å². The molecule has 0 unspecified atom stereocenters. The molecule has 0 aliphatic heterocycles. The van der Waals surface area contributed by atoms with Gasteiger partial charge in [0.15, 0.2) is 24.0 Å². The Bertz CT molecular complexity index is 718. The van der Waals surface area contributed by atoms with Crippen molar-refractivity contribution < 1.29 is 18.7 Å². The molecule has 114 valence electrons. The molecule has 6 heteroatoms. The minimum Gasteiger partial charge on any atom is -0.481 e. The van der Waals surface area contributed by atoms with E-state index in [0.29, 0.717) is 15.7 Å². The van der Waals surface area contributed by atoms with E-state index in [0.717, 1.165) is 0 Å². The van der Waals surface area contributed by atoms with Crippen LogP contribution in [0.5, 0.6) is 5.75 Å². The number of ether oxygens (including phenoxy) is 1. The zero-order valence-electron chi connectivity index (χ0n) is 11.7. The first kappa shape index (κ1) is 16.2. The van der Waals surface area contributed by atoms with E-state index in [1.54, 1.807) is 30.3 Å². The molecular weight excluding hydrogens is 353 g/mol. The number of para-hydroxylation sites is 1. The molecule has 0 aromatic heterocycles. The molecule has 0 spiro atoms. The summed E-state index contributed by atoms with van der Waals surface area (Å²) in [5.74, 6) is -1.21. The molecule has 1 amide bonds. The van der Waals surface area contributed by atoms with E-state index in [2.05, 4.69) is 21.2 Å².